The van der Waals surface area contributed by atoms with Crippen molar-refractivity contribution in [3.05, 3.63) is 0 Å². The number of rotatable bonds is 0. The molecule has 0 aromatic carbocycles. The van der Waals surface area contributed by atoms with Gasteiger partial charge in [0.25, 0.3) is 5.91 Å². The van der Waals surface area contributed by atoms with Crippen LogP contribution in [0.5, 0.6) is 0 Å². The Kier molecular flexibility index (Phi) is 1.89. The van der Waals surface area contributed by atoms with E-state index in [9.17, 15) is 9.59 Å². The van der Waals surface area contributed by atoms with Crippen molar-refractivity contribution in [2.45, 2.75) is 19.4 Å². The summed E-state index contributed by atoms with van der Waals surface area (Å²) >= 11 is 0. The van der Waals surface area contributed by atoms with Gasteiger partial charge >= 0.3 is 5.97 Å². The average Bonchev–Trinajstić information content (AvgIpc) is 1.93. The molecule has 0 aromatic heterocycles. The fraction of sp³-hybridized carbons (Fsp3) is 0.667. The van der Waals surface area contributed by atoms with Gasteiger partial charge in [0.2, 0.25) is 0 Å². The highest BCUT2D eigenvalue weighted by atomic mass is 16.5. The molecule has 1 rings (SSSR count). The smallest absolute Gasteiger partial charge is 0.308 e. The van der Waals surface area contributed by atoms with E-state index in [4.69, 9.17) is 0 Å². The molecule has 1 aliphatic rings. The zero-order valence-electron chi connectivity index (χ0n) is 5.72. The van der Waals surface area contributed by atoms with E-state index in [1.165, 1.54) is 0 Å². The highest BCUT2D eigenvalue weighted by Crippen LogP contribution is 1.97. The van der Waals surface area contributed by atoms with Gasteiger partial charge in [0.15, 0.2) is 6.61 Å². The van der Waals surface area contributed by atoms with Crippen molar-refractivity contribution < 1.29 is 14.3 Å². The minimum absolute atomic E-state index is 0.0949. The number of esters is 1. The Morgan fingerprint density at radius 3 is 3.00 bits per heavy atom. The molecule has 1 N–H and O–H groups in total. The van der Waals surface area contributed by atoms with Crippen molar-refractivity contribution in [2.24, 2.45) is 0 Å². The van der Waals surface area contributed by atoms with Gasteiger partial charge in [0, 0.05) is 6.04 Å². The Balaban J connectivity index is 2.54. The average molecular weight is 143 g/mol. The van der Waals surface area contributed by atoms with Gasteiger partial charge in [-0.3, -0.25) is 9.59 Å². The molecule has 1 fully saturated rings. The quantitative estimate of drug-likeness (QED) is 0.462. The van der Waals surface area contributed by atoms with Crippen LogP contribution in [-0.4, -0.2) is 24.5 Å². The van der Waals surface area contributed by atoms with Crippen LogP contribution in [0.4, 0.5) is 0 Å². The van der Waals surface area contributed by atoms with Gasteiger partial charge in [0.05, 0.1) is 6.42 Å². The number of hydrogen-bond acceptors (Lipinski definition) is 3. The summed E-state index contributed by atoms with van der Waals surface area (Å²) in [5.74, 6) is -0.538. The number of hydrogen-bond donors (Lipinski definition) is 1. The normalized spacial score (nSPS) is 26.7. The number of cyclic esters (lactones) is 1. The molecule has 56 valence electrons. The lowest BCUT2D eigenvalue weighted by Crippen LogP contribution is -2.32. The summed E-state index contributed by atoms with van der Waals surface area (Å²) in [5, 5.41) is 2.59. The summed E-state index contributed by atoms with van der Waals surface area (Å²) in [6.45, 7) is 1.63. The summed E-state index contributed by atoms with van der Waals surface area (Å²) in [6.07, 6.45) is 0.270. The maximum Gasteiger partial charge on any atom is 0.308 e. The minimum Gasteiger partial charge on any atom is -0.456 e. The molecule has 0 aliphatic carbocycles. The van der Waals surface area contributed by atoms with E-state index in [-0.39, 0.29) is 30.9 Å². The van der Waals surface area contributed by atoms with Gasteiger partial charge in [0.1, 0.15) is 0 Å². The first kappa shape index (κ1) is 7.05. The van der Waals surface area contributed by atoms with E-state index in [1.54, 1.807) is 6.92 Å². The molecule has 1 amide bonds. The van der Waals surface area contributed by atoms with Crippen molar-refractivity contribution in [3.63, 3.8) is 0 Å². The second-order valence-corrected chi connectivity index (χ2v) is 2.33. The van der Waals surface area contributed by atoms with Crippen LogP contribution in [-0.2, 0) is 14.3 Å². The van der Waals surface area contributed by atoms with Gasteiger partial charge < -0.3 is 10.1 Å². The first-order valence-corrected chi connectivity index (χ1v) is 3.13. The number of ether oxygens (including phenoxy) is 1. The maximum atomic E-state index is 10.7. The fourth-order valence-corrected chi connectivity index (χ4v) is 0.822. The van der Waals surface area contributed by atoms with Gasteiger partial charge in [-0.05, 0) is 6.92 Å². The van der Waals surface area contributed by atoms with Gasteiger partial charge in [-0.15, -0.1) is 0 Å². The lowest BCUT2D eigenvalue weighted by Gasteiger charge is -2.04. The largest absolute Gasteiger partial charge is 0.456 e. The van der Waals surface area contributed by atoms with E-state index in [2.05, 4.69) is 10.1 Å². The molecule has 1 atom stereocenters. The predicted octanol–water partition coefficient (Wildman–Crippen LogP) is -0.562. The molecule has 0 radical (unpaired) electrons. The standard InChI is InChI=1S/C6H9NO3/c1-4-2-6(9)10-3-5(8)7-4/h4H,2-3H2,1H3,(H,7,8). The number of carbonyl (C=O) groups is 2. The van der Waals surface area contributed by atoms with E-state index in [0.29, 0.717) is 0 Å². The van der Waals surface area contributed by atoms with Crippen LogP contribution < -0.4 is 5.32 Å². The predicted molar refractivity (Wildman–Crippen MR) is 33.2 cm³/mol. The Bertz CT molecular complexity index is 148. The molecular formula is C6H9NO3. The minimum atomic E-state index is -0.314. The zero-order valence-corrected chi connectivity index (χ0v) is 5.72. The molecule has 0 saturated carbocycles. The van der Waals surface area contributed by atoms with Crippen LogP contribution in [0, 0.1) is 0 Å². The monoisotopic (exact) mass is 143 g/mol. The van der Waals surface area contributed by atoms with Gasteiger partial charge in [-0.25, -0.2) is 0 Å². The summed E-state index contributed by atoms with van der Waals surface area (Å²) in [5.41, 5.74) is 0. The van der Waals surface area contributed by atoms with E-state index in [0.717, 1.165) is 0 Å². The number of nitrogens with one attached hydrogen (secondary N) is 1. The Labute approximate surface area is 58.5 Å². The van der Waals surface area contributed by atoms with Gasteiger partial charge in [-0.1, -0.05) is 0 Å². The molecule has 1 heterocycles. The second kappa shape index (κ2) is 2.68. The second-order valence-electron chi connectivity index (χ2n) is 2.33. The van der Waals surface area contributed by atoms with Crippen LogP contribution in [0.2, 0.25) is 0 Å². The topological polar surface area (TPSA) is 55.4 Å². The zero-order chi connectivity index (χ0) is 7.56. The summed E-state index contributed by atoms with van der Waals surface area (Å²) in [6, 6.07) is -0.0949. The Hall–Kier alpha value is -1.06. The third-order valence-electron chi connectivity index (χ3n) is 1.24. The molecule has 1 unspecified atom stereocenters. The summed E-state index contributed by atoms with van der Waals surface area (Å²) < 4.78 is 4.53. The lowest BCUT2D eigenvalue weighted by molar-refractivity contribution is -0.146. The van der Waals surface area contributed by atoms with Crippen molar-refractivity contribution >= 4 is 11.9 Å². The third kappa shape index (κ3) is 1.72. The van der Waals surface area contributed by atoms with Crippen LogP contribution in [0.3, 0.4) is 0 Å². The number of carbonyl (C=O) groups excluding carboxylic acids is 2. The highest BCUT2D eigenvalue weighted by molar-refractivity contribution is 5.83. The van der Waals surface area contributed by atoms with Crippen molar-refractivity contribution in [1.29, 1.82) is 0 Å². The van der Waals surface area contributed by atoms with Gasteiger partial charge in [-0.2, -0.15) is 0 Å². The molecular weight excluding hydrogens is 134 g/mol. The van der Waals surface area contributed by atoms with Crippen LogP contribution >= 0.6 is 0 Å². The third-order valence-corrected chi connectivity index (χ3v) is 1.24. The molecule has 4 nitrogen and oxygen atoms in total. The number of amides is 1. The van der Waals surface area contributed by atoms with E-state index < -0.39 is 0 Å². The van der Waals surface area contributed by atoms with Crippen LogP contribution in [0.15, 0.2) is 0 Å². The first-order valence-electron chi connectivity index (χ1n) is 3.13. The molecule has 10 heavy (non-hydrogen) atoms. The summed E-state index contributed by atoms with van der Waals surface area (Å²) in [7, 11) is 0. The Morgan fingerprint density at radius 1 is 1.60 bits per heavy atom. The van der Waals surface area contributed by atoms with Crippen molar-refractivity contribution in [3.8, 4) is 0 Å². The van der Waals surface area contributed by atoms with E-state index >= 15 is 0 Å². The lowest BCUT2D eigenvalue weighted by atomic mass is 10.2. The van der Waals surface area contributed by atoms with E-state index in [1.807, 2.05) is 0 Å². The maximum absolute atomic E-state index is 10.7. The first-order chi connectivity index (χ1) is 4.68. The Morgan fingerprint density at radius 2 is 2.30 bits per heavy atom. The molecule has 1 aliphatic heterocycles. The molecule has 1 saturated heterocycles. The van der Waals surface area contributed by atoms with Crippen LogP contribution in [0.1, 0.15) is 13.3 Å². The van der Waals surface area contributed by atoms with Crippen molar-refractivity contribution in [2.75, 3.05) is 6.61 Å². The van der Waals surface area contributed by atoms with Crippen LogP contribution in [0.25, 0.3) is 0 Å². The highest BCUT2D eigenvalue weighted by Gasteiger charge is 2.18. The SMILES string of the molecule is CC1CC(=O)OCC(=O)N1. The fourth-order valence-electron chi connectivity index (χ4n) is 0.822. The molecule has 0 aromatic rings. The molecule has 0 bridgehead atoms. The molecule has 4 heteroatoms. The molecule has 0 spiro atoms. The van der Waals surface area contributed by atoms with Crippen molar-refractivity contribution in [1.82, 2.24) is 5.32 Å². The summed E-state index contributed by atoms with van der Waals surface area (Å²) in [4.78, 5) is 21.3.